The summed E-state index contributed by atoms with van der Waals surface area (Å²) in [6, 6.07) is 7.66. The van der Waals surface area contributed by atoms with Gasteiger partial charge in [0.2, 0.25) is 5.91 Å². The number of carbonyl (C=O) groups excluding carboxylic acids is 1. The Morgan fingerprint density at radius 1 is 1.24 bits per heavy atom. The van der Waals surface area contributed by atoms with E-state index in [0.29, 0.717) is 6.54 Å². The SMILES string of the molecule is CCC(CC)C(=O)N(C)Cc1ccc(N)cc1. The van der Waals surface area contributed by atoms with Crippen LogP contribution in [0.2, 0.25) is 0 Å². The van der Waals surface area contributed by atoms with Crippen molar-refractivity contribution in [1.82, 2.24) is 4.90 Å². The smallest absolute Gasteiger partial charge is 0.225 e. The topological polar surface area (TPSA) is 46.3 Å². The fraction of sp³-hybridized carbons (Fsp3) is 0.500. The van der Waals surface area contributed by atoms with Crippen molar-refractivity contribution in [2.24, 2.45) is 5.92 Å². The molecular formula is C14H22N2O. The average molecular weight is 234 g/mol. The molecule has 1 aromatic carbocycles. The molecular weight excluding hydrogens is 212 g/mol. The van der Waals surface area contributed by atoms with Crippen LogP contribution in [0.15, 0.2) is 24.3 Å². The summed E-state index contributed by atoms with van der Waals surface area (Å²) in [7, 11) is 1.86. The molecule has 0 aromatic heterocycles. The predicted molar refractivity (Wildman–Crippen MR) is 71.4 cm³/mol. The summed E-state index contributed by atoms with van der Waals surface area (Å²) in [6.07, 6.45) is 1.81. The second-order valence-corrected chi connectivity index (χ2v) is 4.45. The van der Waals surface area contributed by atoms with Crippen LogP contribution < -0.4 is 5.73 Å². The van der Waals surface area contributed by atoms with E-state index in [9.17, 15) is 4.79 Å². The number of anilines is 1. The molecule has 0 heterocycles. The molecule has 0 saturated heterocycles. The van der Waals surface area contributed by atoms with Crippen LogP contribution in [0.4, 0.5) is 5.69 Å². The molecule has 1 aromatic rings. The van der Waals surface area contributed by atoms with Crippen LogP contribution >= 0.6 is 0 Å². The summed E-state index contributed by atoms with van der Waals surface area (Å²) in [5.41, 5.74) is 7.49. The van der Waals surface area contributed by atoms with Crippen LogP contribution in [0.1, 0.15) is 32.3 Å². The Balaban J connectivity index is 2.62. The molecule has 1 amide bonds. The highest BCUT2D eigenvalue weighted by Gasteiger charge is 2.18. The monoisotopic (exact) mass is 234 g/mol. The molecule has 17 heavy (non-hydrogen) atoms. The average Bonchev–Trinajstić information content (AvgIpc) is 2.33. The number of carbonyl (C=O) groups is 1. The van der Waals surface area contributed by atoms with E-state index in [4.69, 9.17) is 5.73 Å². The van der Waals surface area contributed by atoms with Crippen LogP contribution in [0.25, 0.3) is 0 Å². The van der Waals surface area contributed by atoms with Crippen molar-refractivity contribution < 1.29 is 4.79 Å². The molecule has 0 radical (unpaired) electrons. The highest BCUT2D eigenvalue weighted by atomic mass is 16.2. The summed E-state index contributed by atoms with van der Waals surface area (Å²) in [5.74, 6) is 0.376. The van der Waals surface area contributed by atoms with Gasteiger partial charge in [0.25, 0.3) is 0 Å². The molecule has 0 aliphatic rings. The van der Waals surface area contributed by atoms with Crippen LogP contribution in [0.5, 0.6) is 0 Å². The summed E-state index contributed by atoms with van der Waals surface area (Å²) in [6.45, 7) is 4.77. The van der Waals surface area contributed by atoms with Gasteiger partial charge in [-0.25, -0.2) is 0 Å². The van der Waals surface area contributed by atoms with E-state index in [1.54, 1.807) is 4.90 Å². The van der Waals surface area contributed by atoms with Gasteiger partial charge in [-0.3, -0.25) is 4.79 Å². The van der Waals surface area contributed by atoms with E-state index in [2.05, 4.69) is 13.8 Å². The molecule has 0 aliphatic heterocycles. The first kappa shape index (κ1) is 13.6. The summed E-state index contributed by atoms with van der Waals surface area (Å²) in [5, 5.41) is 0. The highest BCUT2D eigenvalue weighted by Crippen LogP contribution is 2.14. The van der Waals surface area contributed by atoms with Gasteiger partial charge in [-0.1, -0.05) is 26.0 Å². The van der Waals surface area contributed by atoms with E-state index in [-0.39, 0.29) is 11.8 Å². The van der Waals surface area contributed by atoms with Gasteiger partial charge < -0.3 is 10.6 Å². The largest absolute Gasteiger partial charge is 0.399 e. The number of hydrogen-bond donors (Lipinski definition) is 1. The van der Waals surface area contributed by atoms with Crippen LogP contribution in [-0.4, -0.2) is 17.9 Å². The zero-order valence-electron chi connectivity index (χ0n) is 10.9. The lowest BCUT2D eigenvalue weighted by Crippen LogP contribution is -2.32. The molecule has 0 spiro atoms. The minimum atomic E-state index is 0.147. The number of benzene rings is 1. The molecule has 3 nitrogen and oxygen atoms in total. The lowest BCUT2D eigenvalue weighted by atomic mass is 10.0. The number of nitrogens with two attached hydrogens (primary N) is 1. The Morgan fingerprint density at radius 3 is 2.24 bits per heavy atom. The zero-order valence-corrected chi connectivity index (χ0v) is 10.9. The number of nitrogens with zero attached hydrogens (tertiary/aromatic N) is 1. The lowest BCUT2D eigenvalue weighted by molar-refractivity contribution is -0.134. The van der Waals surface area contributed by atoms with Crippen molar-refractivity contribution in [3.63, 3.8) is 0 Å². The Bertz CT molecular complexity index is 355. The number of nitrogen functional groups attached to an aromatic ring is 1. The van der Waals surface area contributed by atoms with E-state index in [0.717, 1.165) is 24.1 Å². The molecule has 2 N–H and O–H groups in total. The Kier molecular flexibility index (Phi) is 5.01. The maximum Gasteiger partial charge on any atom is 0.225 e. The normalized spacial score (nSPS) is 10.6. The third-order valence-corrected chi connectivity index (χ3v) is 3.11. The van der Waals surface area contributed by atoms with Crippen molar-refractivity contribution in [2.75, 3.05) is 12.8 Å². The molecule has 0 atom stereocenters. The van der Waals surface area contributed by atoms with Gasteiger partial charge in [0, 0.05) is 25.2 Å². The number of hydrogen-bond acceptors (Lipinski definition) is 2. The van der Waals surface area contributed by atoms with Crippen molar-refractivity contribution in [2.45, 2.75) is 33.2 Å². The second kappa shape index (κ2) is 6.28. The molecule has 0 aliphatic carbocycles. The first-order valence-corrected chi connectivity index (χ1v) is 6.17. The number of amides is 1. The maximum atomic E-state index is 12.1. The molecule has 0 bridgehead atoms. The molecule has 1 rings (SSSR count). The summed E-state index contributed by atoms with van der Waals surface area (Å²) >= 11 is 0. The first-order valence-electron chi connectivity index (χ1n) is 6.17. The minimum absolute atomic E-state index is 0.147. The fourth-order valence-electron chi connectivity index (χ4n) is 1.92. The Labute approximate surface area is 104 Å². The van der Waals surface area contributed by atoms with Gasteiger partial charge >= 0.3 is 0 Å². The van der Waals surface area contributed by atoms with Gasteiger partial charge in [-0.05, 0) is 30.5 Å². The van der Waals surface area contributed by atoms with Crippen molar-refractivity contribution in [3.05, 3.63) is 29.8 Å². The van der Waals surface area contributed by atoms with Crippen molar-refractivity contribution in [1.29, 1.82) is 0 Å². The van der Waals surface area contributed by atoms with Crippen molar-refractivity contribution >= 4 is 11.6 Å². The second-order valence-electron chi connectivity index (χ2n) is 4.45. The minimum Gasteiger partial charge on any atom is -0.399 e. The van der Waals surface area contributed by atoms with Gasteiger partial charge in [0.15, 0.2) is 0 Å². The molecule has 0 saturated carbocycles. The maximum absolute atomic E-state index is 12.1. The van der Waals surface area contributed by atoms with E-state index < -0.39 is 0 Å². The van der Waals surface area contributed by atoms with Crippen LogP contribution in [0.3, 0.4) is 0 Å². The van der Waals surface area contributed by atoms with E-state index in [1.807, 2.05) is 31.3 Å². The molecule has 3 heteroatoms. The Morgan fingerprint density at radius 2 is 1.76 bits per heavy atom. The predicted octanol–water partition coefficient (Wildman–Crippen LogP) is 2.66. The zero-order chi connectivity index (χ0) is 12.8. The quantitative estimate of drug-likeness (QED) is 0.796. The molecule has 0 fully saturated rings. The van der Waals surface area contributed by atoms with Gasteiger partial charge in [-0.2, -0.15) is 0 Å². The molecule has 94 valence electrons. The summed E-state index contributed by atoms with van der Waals surface area (Å²) in [4.78, 5) is 13.9. The van der Waals surface area contributed by atoms with Crippen LogP contribution in [0, 0.1) is 5.92 Å². The first-order chi connectivity index (χ1) is 8.08. The molecule has 0 unspecified atom stereocenters. The Hall–Kier alpha value is -1.51. The fourth-order valence-corrected chi connectivity index (χ4v) is 1.92. The lowest BCUT2D eigenvalue weighted by Gasteiger charge is -2.22. The van der Waals surface area contributed by atoms with Gasteiger partial charge in [0.05, 0.1) is 0 Å². The third kappa shape index (κ3) is 3.77. The van der Waals surface area contributed by atoms with Gasteiger partial charge in [0.1, 0.15) is 0 Å². The van der Waals surface area contributed by atoms with E-state index >= 15 is 0 Å². The summed E-state index contributed by atoms with van der Waals surface area (Å²) < 4.78 is 0. The number of rotatable bonds is 5. The van der Waals surface area contributed by atoms with Gasteiger partial charge in [-0.15, -0.1) is 0 Å². The standard InChI is InChI=1S/C14H22N2O/c1-4-12(5-2)14(17)16(3)10-11-6-8-13(15)9-7-11/h6-9,12H,4-5,10,15H2,1-3H3. The highest BCUT2D eigenvalue weighted by molar-refractivity contribution is 5.78. The van der Waals surface area contributed by atoms with Crippen molar-refractivity contribution in [3.8, 4) is 0 Å². The van der Waals surface area contributed by atoms with Crippen LogP contribution in [-0.2, 0) is 11.3 Å². The third-order valence-electron chi connectivity index (χ3n) is 3.11. The van der Waals surface area contributed by atoms with E-state index in [1.165, 1.54) is 0 Å².